The van der Waals surface area contributed by atoms with E-state index in [1.54, 1.807) is 30.3 Å². The van der Waals surface area contributed by atoms with Crippen LogP contribution in [0.3, 0.4) is 0 Å². The average molecular weight is 444 g/mol. The molecule has 0 saturated carbocycles. The van der Waals surface area contributed by atoms with Crippen LogP contribution >= 0.6 is 34.5 Å². The van der Waals surface area contributed by atoms with Gasteiger partial charge in [0.1, 0.15) is 11.3 Å². The third-order valence-corrected chi connectivity index (χ3v) is 5.61. The Balaban J connectivity index is 1.69. The van der Waals surface area contributed by atoms with Crippen molar-refractivity contribution in [2.45, 2.75) is 13.8 Å². The Kier molecular flexibility index (Phi) is 5.36. The van der Waals surface area contributed by atoms with Crippen molar-refractivity contribution in [3.8, 4) is 0 Å². The Hall–Kier alpha value is -2.74. The van der Waals surface area contributed by atoms with Gasteiger partial charge >= 0.3 is 0 Å². The number of nitrogens with one attached hydrogen (secondary N) is 2. The molecule has 0 saturated heterocycles. The first-order valence-electron chi connectivity index (χ1n) is 8.65. The number of aromatic nitrogens is 3. The first-order valence-corrected chi connectivity index (χ1v) is 10.2. The molecule has 0 amide bonds. The van der Waals surface area contributed by atoms with Crippen molar-refractivity contribution in [3.63, 3.8) is 0 Å². The summed E-state index contributed by atoms with van der Waals surface area (Å²) in [6.45, 7) is 3.36. The van der Waals surface area contributed by atoms with Gasteiger partial charge in [-0.25, -0.2) is 15.0 Å². The van der Waals surface area contributed by atoms with Crippen molar-refractivity contribution in [2.75, 3.05) is 10.6 Å². The van der Waals surface area contributed by atoms with E-state index in [0.29, 0.717) is 43.6 Å². The zero-order valence-electron chi connectivity index (χ0n) is 15.5. The van der Waals surface area contributed by atoms with Crippen LogP contribution in [0, 0.1) is 6.92 Å². The second-order valence-electron chi connectivity index (χ2n) is 6.27. The van der Waals surface area contributed by atoms with Crippen molar-refractivity contribution in [1.82, 2.24) is 15.0 Å². The first kappa shape index (κ1) is 19.6. The SMILES string of the molecule is CC(=O)c1ccc(Nc2nc(C)nc3sc(Nc4c(Cl)cccc4Cl)nc23)cc1. The molecule has 0 bridgehead atoms. The van der Waals surface area contributed by atoms with E-state index < -0.39 is 0 Å². The van der Waals surface area contributed by atoms with Gasteiger partial charge in [-0.2, -0.15) is 0 Å². The molecule has 2 aromatic heterocycles. The van der Waals surface area contributed by atoms with Gasteiger partial charge in [0.05, 0.1) is 15.7 Å². The number of benzene rings is 2. The molecule has 0 radical (unpaired) electrons. The topological polar surface area (TPSA) is 79.8 Å². The number of anilines is 4. The third kappa shape index (κ3) is 4.17. The number of rotatable bonds is 5. The smallest absolute Gasteiger partial charge is 0.190 e. The van der Waals surface area contributed by atoms with Crippen LogP contribution in [0.15, 0.2) is 42.5 Å². The Morgan fingerprint density at radius 1 is 0.966 bits per heavy atom. The molecule has 6 nitrogen and oxygen atoms in total. The number of carbonyl (C=O) groups is 1. The fourth-order valence-corrected chi connectivity index (χ4v) is 4.10. The van der Waals surface area contributed by atoms with E-state index in [-0.39, 0.29) is 5.78 Å². The van der Waals surface area contributed by atoms with Crippen molar-refractivity contribution >= 4 is 73.0 Å². The Bertz CT molecular complexity index is 1200. The summed E-state index contributed by atoms with van der Waals surface area (Å²) in [6.07, 6.45) is 0. The molecule has 0 aliphatic heterocycles. The largest absolute Gasteiger partial charge is 0.338 e. The van der Waals surface area contributed by atoms with E-state index in [1.807, 2.05) is 19.1 Å². The van der Waals surface area contributed by atoms with Gasteiger partial charge < -0.3 is 10.6 Å². The normalized spacial score (nSPS) is 10.9. The second-order valence-corrected chi connectivity index (χ2v) is 8.06. The zero-order chi connectivity index (χ0) is 20.5. The summed E-state index contributed by atoms with van der Waals surface area (Å²) in [5.74, 6) is 1.22. The maximum Gasteiger partial charge on any atom is 0.190 e. The minimum absolute atomic E-state index is 0.0188. The molecule has 0 unspecified atom stereocenters. The highest BCUT2D eigenvalue weighted by Crippen LogP contribution is 2.36. The number of carbonyl (C=O) groups excluding carboxylic acids is 1. The van der Waals surface area contributed by atoms with Gasteiger partial charge in [-0.15, -0.1) is 0 Å². The highest BCUT2D eigenvalue weighted by molar-refractivity contribution is 7.21. The number of nitrogens with zero attached hydrogens (tertiary/aromatic N) is 3. The fourth-order valence-electron chi connectivity index (χ4n) is 2.72. The summed E-state index contributed by atoms with van der Waals surface area (Å²) >= 11 is 13.9. The van der Waals surface area contributed by atoms with Crippen molar-refractivity contribution in [1.29, 1.82) is 0 Å². The number of ketones is 1. The van der Waals surface area contributed by atoms with Crippen LogP contribution in [0.25, 0.3) is 10.3 Å². The lowest BCUT2D eigenvalue weighted by molar-refractivity contribution is 0.101. The minimum atomic E-state index is 0.0188. The van der Waals surface area contributed by atoms with Gasteiger partial charge in [0.15, 0.2) is 21.6 Å². The van der Waals surface area contributed by atoms with Crippen LogP contribution in [0.5, 0.6) is 0 Å². The minimum Gasteiger partial charge on any atom is -0.338 e. The van der Waals surface area contributed by atoms with Crippen LogP contribution in [0.1, 0.15) is 23.1 Å². The highest BCUT2D eigenvalue weighted by atomic mass is 35.5. The third-order valence-electron chi connectivity index (χ3n) is 4.12. The predicted molar refractivity (Wildman–Crippen MR) is 119 cm³/mol. The van der Waals surface area contributed by atoms with Gasteiger partial charge in [-0.05, 0) is 50.2 Å². The molecule has 2 N–H and O–H groups in total. The van der Waals surface area contributed by atoms with E-state index in [0.717, 1.165) is 10.5 Å². The lowest BCUT2D eigenvalue weighted by atomic mass is 10.1. The molecule has 0 atom stereocenters. The van der Waals surface area contributed by atoms with Crippen LogP contribution in [-0.2, 0) is 0 Å². The number of Topliss-reactive ketones (excluding diaryl/α,β-unsaturated/α-hetero) is 1. The fraction of sp³-hybridized carbons (Fsp3) is 0.100. The van der Waals surface area contributed by atoms with E-state index in [4.69, 9.17) is 23.2 Å². The number of hydrogen-bond acceptors (Lipinski definition) is 7. The van der Waals surface area contributed by atoms with Crippen LogP contribution in [-0.4, -0.2) is 20.7 Å². The molecule has 146 valence electrons. The maximum absolute atomic E-state index is 11.5. The Morgan fingerprint density at radius 3 is 2.31 bits per heavy atom. The van der Waals surface area contributed by atoms with E-state index in [2.05, 4.69) is 25.6 Å². The highest BCUT2D eigenvalue weighted by Gasteiger charge is 2.15. The van der Waals surface area contributed by atoms with Crippen molar-refractivity contribution < 1.29 is 4.79 Å². The number of hydrogen-bond donors (Lipinski definition) is 2. The average Bonchev–Trinajstić information content (AvgIpc) is 3.08. The summed E-state index contributed by atoms with van der Waals surface area (Å²) in [6, 6.07) is 12.5. The number of aryl methyl sites for hydroxylation is 1. The number of thiazole rings is 1. The van der Waals surface area contributed by atoms with Gasteiger partial charge in [-0.3, -0.25) is 4.79 Å². The maximum atomic E-state index is 11.5. The van der Waals surface area contributed by atoms with Gasteiger partial charge in [0, 0.05) is 11.3 Å². The molecule has 29 heavy (non-hydrogen) atoms. The quantitative estimate of drug-likeness (QED) is 0.347. The molecular weight excluding hydrogens is 429 g/mol. The summed E-state index contributed by atoms with van der Waals surface area (Å²) in [4.78, 5) is 25.8. The molecule has 0 spiro atoms. The zero-order valence-corrected chi connectivity index (χ0v) is 17.8. The van der Waals surface area contributed by atoms with E-state index >= 15 is 0 Å². The molecular formula is C20H15Cl2N5OS. The molecule has 0 fully saturated rings. The van der Waals surface area contributed by atoms with Crippen LogP contribution < -0.4 is 10.6 Å². The summed E-state index contributed by atoms with van der Waals surface area (Å²) in [7, 11) is 0. The van der Waals surface area contributed by atoms with E-state index in [9.17, 15) is 4.79 Å². The number of para-hydroxylation sites is 1. The molecule has 0 aliphatic carbocycles. The van der Waals surface area contributed by atoms with Gasteiger partial charge in [-0.1, -0.05) is 40.6 Å². The van der Waals surface area contributed by atoms with Crippen LogP contribution in [0.4, 0.5) is 22.3 Å². The van der Waals surface area contributed by atoms with Crippen LogP contribution in [0.2, 0.25) is 10.0 Å². The van der Waals surface area contributed by atoms with E-state index in [1.165, 1.54) is 18.3 Å². The van der Waals surface area contributed by atoms with Gasteiger partial charge in [0.2, 0.25) is 0 Å². The first-order chi connectivity index (χ1) is 13.9. The molecule has 2 aromatic carbocycles. The Labute approximate surface area is 180 Å². The molecule has 4 rings (SSSR count). The standard InChI is InChI=1S/C20H15Cl2N5OS/c1-10(28)12-6-8-13(9-7-12)25-18-17-19(24-11(2)23-18)29-20(27-17)26-16-14(21)4-3-5-15(16)22/h3-9H,1-2H3,(H,26,27)(H,23,24,25). The summed E-state index contributed by atoms with van der Waals surface area (Å²) in [5.41, 5.74) is 2.67. The molecule has 9 heteroatoms. The Morgan fingerprint density at radius 2 is 1.66 bits per heavy atom. The molecule has 0 aliphatic rings. The lowest BCUT2D eigenvalue weighted by Gasteiger charge is -2.07. The monoisotopic (exact) mass is 443 g/mol. The summed E-state index contributed by atoms with van der Waals surface area (Å²) < 4.78 is 0. The second kappa shape index (κ2) is 7.94. The van der Waals surface area contributed by atoms with Gasteiger partial charge in [0.25, 0.3) is 0 Å². The van der Waals surface area contributed by atoms with Crippen molar-refractivity contribution in [2.24, 2.45) is 0 Å². The lowest BCUT2D eigenvalue weighted by Crippen LogP contribution is -1.99. The molecule has 2 heterocycles. The number of fused-ring (bicyclic) bond motifs is 1. The molecule has 4 aromatic rings. The summed E-state index contributed by atoms with van der Waals surface area (Å²) in [5, 5.41) is 8.03. The predicted octanol–water partition coefficient (Wildman–Crippen LogP) is 6.39. The number of halogens is 2. The van der Waals surface area contributed by atoms with Crippen molar-refractivity contribution in [3.05, 3.63) is 63.9 Å².